The molecule has 6 nitrogen and oxygen atoms in total. The summed E-state index contributed by atoms with van der Waals surface area (Å²) in [6, 6.07) is 0. The standard InChI is InChI=1S/C8H13F3O6SSi/c1-6(12)16-19-7(4-2-3-5-15-7)17-18(13,14)8(9,10)11/h2-5,19H2,1H3. The number of hydrogen-bond donors (Lipinski definition) is 0. The Morgan fingerprint density at radius 3 is 2.42 bits per heavy atom. The fraction of sp³-hybridized carbons (Fsp3) is 0.875. The molecule has 0 aliphatic carbocycles. The Bertz CT molecular complexity index is 428. The van der Waals surface area contributed by atoms with Crippen molar-refractivity contribution in [2.75, 3.05) is 6.61 Å². The summed E-state index contributed by atoms with van der Waals surface area (Å²) in [5, 5.41) is 0. The lowest BCUT2D eigenvalue weighted by Crippen LogP contribution is -2.49. The van der Waals surface area contributed by atoms with Crippen LogP contribution in [0, 0.1) is 0 Å². The van der Waals surface area contributed by atoms with Crippen molar-refractivity contribution in [3.8, 4) is 0 Å². The molecule has 1 aliphatic heterocycles. The van der Waals surface area contributed by atoms with Crippen molar-refractivity contribution in [1.82, 2.24) is 0 Å². The molecule has 112 valence electrons. The average molecular weight is 322 g/mol. The van der Waals surface area contributed by atoms with Crippen molar-refractivity contribution in [2.45, 2.75) is 37.1 Å². The van der Waals surface area contributed by atoms with E-state index in [-0.39, 0.29) is 13.0 Å². The number of alkyl halides is 3. The smallest absolute Gasteiger partial charge is 0.519 e. The van der Waals surface area contributed by atoms with Crippen molar-refractivity contribution in [2.24, 2.45) is 0 Å². The number of ether oxygens (including phenoxy) is 1. The highest BCUT2D eigenvalue weighted by molar-refractivity contribution is 7.87. The van der Waals surface area contributed by atoms with Gasteiger partial charge in [0.15, 0.2) is 0 Å². The van der Waals surface area contributed by atoms with Crippen LogP contribution in [0.5, 0.6) is 0 Å². The van der Waals surface area contributed by atoms with Gasteiger partial charge < -0.3 is 9.16 Å². The van der Waals surface area contributed by atoms with Crippen LogP contribution in [0.25, 0.3) is 0 Å². The van der Waals surface area contributed by atoms with Gasteiger partial charge >= 0.3 is 15.6 Å². The number of carbonyl (C=O) groups is 1. The predicted molar refractivity (Wildman–Crippen MR) is 58.9 cm³/mol. The predicted octanol–water partition coefficient (Wildman–Crippen LogP) is 0.354. The largest absolute Gasteiger partial charge is 0.523 e. The van der Waals surface area contributed by atoms with Crippen molar-refractivity contribution >= 4 is 25.9 Å². The van der Waals surface area contributed by atoms with E-state index in [1.807, 2.05) is 0 Å². The summed E-state index contributed by atoms with van der Waals surface area (Å²) in [6.07, 6.45) is 0.953. The molecular weight excluding hydrogens is 309 g/mol. The van der Waals surface area contributed by atoms with E-state index in [9.17, 15) is 26.4 Å². The van der Waals surface area contributed by atoms with E-state index in [4.69, 9.17) is 4.74 Å². The lowest BCUT2D eigenvalue weighted by atomic mass is 10.2. The third-order valence-electron chi connectivity index (χ3n) is 2.36. The van der Waals surface area contributed by atoms with Crippen molar-refractivity contribution in [1.29, 1.82) is 0 Å². The van der Waals surface area contributed by atoms with Crippen LogP contribution in [0.15, 0.2) is 0 Å². The highest BCUT2D eigenvalue weighted by Gasteiger charge is 2.53. The van der Waals surface area contributed by atoms with E-state index in [2.05, 4.69) is 8.61 Å². The van der Waals surface area contributed by atoms with E-state index in [0.717, 1.165) is 6.92 Å². The molecule has 1 saturated heterocycles. The number of hydrogen-bond acceptors (Lipinski definition) is 6. The second kappa shape index (κ2) is 5.77. The zero-order valence-corrected chi connectivity index (χ0v) is 12.3. The Morgan fingerprint density at radius 2 is 2.00 bits per heavy atom. The molecule has 1 aliphatic rings. The summed E-state index contributed by atoms with van der Waals surface area (Å²) in [5.74, 6) is -0.715. The summed E-state index contributed by atoms with van der Waals surface area (Å²) in [5.41, 5.74) is -7.50. The molecule has 0 N–H and O–H groups in total. The van der Waals surface area contributed by atoms with Gasteiger partial charge in [-0.2, -0.15) is 21.6 Å². The van der Waals surface area contributed by atoms with Gasteiger partial charge in [-0.3, -0.25) is 4.79 Å². The molecule has 1 rings (SSSR count). The van der Waals surface area contributed by atoms with Crippen molar-refractivity contribution in [3.05, 3.63) is 0 Å². The minimum atomic E-state index is -5.79. The monoisotopic (exact) mass is 322 g/mol. The molecule has 0 bridgehead atoms. The minimum absolute atomic E-state index is 0.0538. The summed E-state index contributed by atoms with van der Waals surface area (Å²) in [6.45, 7) is 1.13. The molecule has 0 amide bonds. The first kappa shape index (κ1) is 16.4. The van der Waals surface area contributed by atoms with Gasteiger partial charge in [-0.15, -0.1) is 0 Å². The second-order valence-corrected chi connectivity index (χ2v) is 7.17. The van der Waals surface area contributed by atoms with Crippen LogP contribution in [0.2, 0.25) is 0 Å². The molecule has 0 spiro atoms. The SMILES string of the molecule is CC(=O)O[SiH2]C1(OS(=O)(=O)C(F)(F)F)CCCCO1. The summed E-state index contributed by atoms with van der Waals surface area (Å²) in [4.78, 5) is 10.7. The third kappa shape index (κ3) is 4.44. The van der Waals surface area contributed by atoms with E-state index in [1.54, 1.807) is 0 Å². The molecule has 0 radical (unpaired) electrons. The van der Waals surface area contributed by atoms with Crippen molar-refractivity contribution in [3.63, 3.8) is 0 Å². The van der Waals surface area contributed by atoms with E-state index >= 15 is 0 Å². The van der Waals surface area contributed by atoms with Crippen molar-refractivity contribution < 1.29 is 39.7 Å². The first-order valence-electron chi connectivity index (χ1n) is 5.37. The Kier molecular flexibility index (Phi) is 4.98. The quantitative estimate of drug-likeness (QED) is 0.422. The molecule has 0 saturated carbocycles. The van der Waals surface area contributed by atoms with Crippen LogP contribution in [0.4, 0.5) is 13.2 Å². The molecule has 11 heteroatoms. The van der Waals surface area contributed by atoms with Crippen LogP contribution in [0.3, 0.4) is 0 Å². The van der Waals surface area contributed by atoms with Gasteiger partial charge in [0.1, 0.15) is 0 Å². The van der Waals surface area contributed by atoms with Gasteiger partial charge in [0, 0.05) is 20.0 Å². The first-order valence-corrected chi connectivity index (χ1v) is 8.06. The Labute approximate surface area is 110 Å². The van der Waals surface area contributed by atoms with Gasteiger partial charge in [-0.25, -0.2) is 4.18 Å². The van der Waals surface area contributed by atoms with Crippen LogP contribution < -0.4 is 0 Å². The maximum atomic E-state index is 12.3. The first-order chi connectivity index (χ1) is 8.58. The van der Waals surface area contributed by atoms with Gasteiger partial charge in [0.05, 0.1) is 0 Å². The molecule has 0 aromatic heterocycles. The summed E-state index contributed by atoms with van der Waals surface area (Å²) < 4.78 is 72.8. The van der Waals surface area contributed by atoms with Gasteiger partial charge in [-0.1, -0.05) is 0 Å². The highest BCUT2D eigenvalue weighted by atomic mass is 32.2. The lowest BCUT2D eigenvalue weighted by Gasteiger charge is -2.35. The average Bonchev–Trinajstić information content (AvgIpc) is 2.25. The topological polar surface area (TPSA) is 78.9 Å². The number of carbonyl (C=O) groups excluding carboxylic acids is 1. The molecular formula is C8H13F3O6SSi. The third-order valence-corrected chi connectivity index (χ3v) is 5.35. The highest BCUT2D eigenvalue weighted by Crippen LogP contribution is 2.33. The van der Waals surface area contributed by atoms with E-state index in [0.29, 0.717) is 12.8 Å². The normalized spacial score (nSPS) is 25.7. The molecule has 1 fully saturated rings. The molecule has 19 heavy (non-hydrogen) atoms. The molecule has 1 heterocycles. The Balaban J connectivity index is 2.89. The molecule has 1 atom stereocenters. The van der Waals surface area contributed by atoms with Gasteiger partial charge in [-0.05, 0) is 12.8 Å². The van der Waals surface area contributed by atoms with Gasteiger partial charge in [0.25, 0.3) is 15.7 Å². The zero-order valence-electron chi connectivity index (χ0n) is 10.0. The summed E-state index contributed by atoms with van der Waals surface area (Å²) in [7, 11) is -7.88. The fourth-order valence-corrected chi connectivity index (χ4v) is 3.82. The second-order valence-electron chi connectivity index (χ2n) is 3.98. The van der Waals surface area contributed by atoms with Crippen LogP contribution >= 0.6 is 0 Å². The molecule has 0 aromatic rings. The van der Waals surface area contributed by atoms with E-state index in [1.165, 1.54) is 0 Å². The zero-order chi connectivity index (χ0) is 14.7. The maximum absolute atomic E-state index is 12.3. The Morgan fingerprint density at radius 1 is 1.37 bits per heavy atom. The van der Waals surface area contributed by atoms with Gasteiger partial charge in [0.2, 0.25) is 5.41 Å². The fourth-order valence-electron chi connectivity index (χ4n) is 1.49. The van der Waals surface area contributed by atoms with E-state index < -0.39 is 36.8 Å². The Hall–Kier alpha value is -0.653. The van der Waals surface area contributed by atoms with Crippen LogP contribution in [-0.4, -0.2) is 41.7 Å². The lowest BCUT2D eigenvalue weighted by molar-refractivity contribution is -0.164. The minimum Gasteiger partial charge on any atom is -0.519 e. The summed E-state index contributed by atoms with van der Waals surface area (Å²) >= 11 is 0. The maximum Gasteiger partial charge on any atom is 0.523 e. The molecule has 0 aromatic carbocycles. The van der Waals surface area contributed by atoms with Crippen LogP contribution in [0.1, 0.15) is 26.2 Å². The number of halogens is 3. The number of rotatable bonds is 4. The molecule has 1 unspecified atom stereocenters. The van der Waals surface area contributed by atoms with Crippen LogP contribution in [-0.2, 0) is 28.3 Å².